The highest BCUT2D eigenvalue weighted by molar-refractivity contribution is 5.94. The second kappa shape index (κ2) is 9.87. The lowest BCUT2D eigenvalue weighted by Crippen LogP contribution is -1.97. The van der Waals surface area contributed by atoms with Gasteiger partial charge in [0.15, 0.2) is 17.3 Å². The molecule has 0 atom stereocenters. The van der Waals surface area contributed by atoms with Crippen LogP contribution in [0.4, 0.5) is 0 Å². The van der Waals surface area contributed by atoms with Crippen molar-refractivity contribution in [3.63, 3.8) is 0 Å². The van der Waals surface area contributed by atoms with Gasteiger partial charge in [0, 0.05) is 12.0 Å². The summed E-state index contributed by atoms with van der Waals surface area (Å²) in [5.74, 6) is 1.83. The van der Waals surface area contributed by atoms with Crippen LogP contribution in [0, 0.1) is 0 Å². The van der Waals surface area contributed by atoms with Gasteiger partial charge >= 0.3 is 0 Å². The Balaban J connectivity index is 2.80. The lowest BCUT2D eigenvalue weighted by Gasteiger charge is -2.13. The van der Waals surface area contributed by atoms with Crippen LogP contribution in [0.2, 0.25) is 0 Å². The first-order valence-corrected chi connectivity index (χ1v) is 7.67. The first-order valence-electron chi connectivity index (χ1n) is 7.67. The molecule has 0 aliphatic heterocycles. The first kappa shape index (κ1) is 18.1. The summed E-state index contributed by atoms with van der Waals surface area (Å²) in [6.07, 6.45) is 8.37. The van der Waals surface area contributed by atoms with Gasteiger partial charge in [0.2, 0.25) is 5.75 Å². The smallest absolute Gasteiger partial charge is 0.203 e. The number of ether oxygens (including phenoxy) is 3. The molecule has 0 spiro atoms. The summed E-state index contributed by atoms with van der Waals surface area (Å²) in [7, 11) is 4.71. The van der Waals surface area contributed by atoms with Gasteiger partial charge in [-0.25, -0.2) is 0 Å². The van der Waals surface area contributed by atoms with Gasteiger partial charge in [-0.1, -0.05) is 26.2 Å². The molecule has 122 valence electrons. The summed E-state index contributed by atoms with van der Waals surface area (Å²) >= 11 is 0. The van der Waals surface area contributed by atoms with Gasteiger partial charge in [-0.15, -0.1) is 0 Å². The number of hydrogen-bond acceptors (Lipinski definition) is 4. The van der Waals surface area contributed by atoms with Crippen LogP contribution in [-0.2, 0) is 4.79 Å². The van der Waals surface area contributed by atoms with E-state index in [1.165, 1.54) is 12.8 Å². The largest absolute Gasteiger partial charge is 0.493 e. The van der Waals surface area contributed by atoms with Crippen LogP contribution in [0.15, 0.2) is 18.2 Å². The average molecular weight is 306 g/mol. The van der Waals surface area contributed by atoms with Crippen molar-refractivity contribution in [2.45, 2.75) is 39.0 Å². The van der Waals surface area contributed by atoms with Crippen molar-refractivity contribution < 1.29 is 19.0 Å². The maximum Gasteiger partial charge on any atom is 0.203 e. The quantitative estimate of drug-likeness (QED) is 0.478. The van der Waals surface area contributed by atoms with E-state index in [0.717, 1.165) is 18.4 Å². The second-order valence-corrected chi connectivity index (χ2v) is 5.03. The Labute approximate surface area is 133 Å². The van der Waals surface area contributed by atoms with E-state index in [4.69, 9.17) is 14.2 Å². The molecule has 1 aromatic carbocycles. The van der Waals surface area contributed by atoms with E-state index in [9.17, 15) is 4.79 Å². The van der Waals surface area contributed by atoms with Crippen molar-refractivity contribution in [2.75, 3.05) is 21.3 Å². The van der Waals surface area contributed by atoms with E-state index < -0.39 is 0 Å². The number of carbonyl (C=O) groups is 1. The molecule has 1 rings (SSSR count). The molecule has 0 bridgehead atoms. The summed E-state index contributed by atoms with van der Waals surface area (Å²) in [6, 6.07) is 3.65. The molecule has 0 saturated carbocycles. The molecule has 0 radical (unpaired) electrons. The molecule has 0 amide bonds. The fraction of sp³-hybridized carbons (Fsp3) is 0.500. The monoisotopic (exact) mass is 306 g/mol. The highest BCUT2D eigenvalue weighted by Gasteiger charge is 2.14. The van der Waals surface area contributed by atoms with Crippen molar-refractivity contribution in [3.05, 3.63) is 23.8 Å². The highest BCUT2D eigenvalue weighted by atomic mass is 16.5. The van der Waals surface area contributed by atoms with Gasteiger partial charge in [-0.2, -0.15) is 0 Å². The average Bonchev–Trinajstić information content (AvgIpc) is 2.55. The maximum atomic E-state index is 11.9. The van der Waals surface area contributed by atoms with Crippen molar-refractivity contribution >= 4 is 11.9 Å². The van der Waals surface area contributed by atoms with Gasteiger partial charge in [0.1, 0.15) is 0 Å². The minimum Gasteiger partial charge on any atom is -0.493 e. The molecule has 0 heterocycles. The summed E-state index contributed by atoms with van der Waals surface area (Å²) in [4.78, 5) is 11.9. The number of benzene rings is 1. The number of unbranched alkanes of at least 4 members (excludes halogenated alkanes) is 3. The molecule has 22 heavy (non-hydrogen) atoms. The third-order valence-electron chi connectivity index (χ3n) is 3.46. The van der Waals surface area contributed by atoms with Crippen molar-refractivity contribution in [1.29, 1.82) is 0 Å². The third kappa shape index (κ3) is 5.10. The number of carbonyl (C=O) groups excluding carboxylic acids is 1. The zero-order chi connectivity index (χ0) is 16.4. The van der Waals surface area contributed by atoms with Crippen molar-refractivity contribution in [1.82, 2.24) is 0 Å². The minimum absolute atomic E-state index is 0.132. The molecule has 0 aliphatic rings. The summed E-state index contributed by atoms with van der Waals surface area (Å²) in [6.45, 7) is 2.16. The number of ketones is 1. The van der Waals surface area contributed by atoms with E-state index in [0.29, 0.717) is 23.7 Å². The normalized spacial score (nSPS) is 10.7. The number of methoxy groups -OCH3 is 3. The topological polar surface area (TPSA) is 44.8 Å². The molecule has 0 aliphatic carbocycles. The molecule has 0 unspecified atom stereocenters. The van der Waals surface area contributed by atoms with Crippen molar-refractivity contribution in [2.24, 2.45) is 0 Å². The summed E-state index contributed by atoms with van der Waals surface area (Å²) in [5.41, 5.74) is 0.794. The number of rotatable bonds is 10. The van der Waals surface area contributed by atoms with Crippen LogP contribution in [0.25, 0.3) is 6.08 Å². The summed E-state index contributed by atoms with van der Waals surface area (Å²) < 4.78 is 16.0. The lowest BCUT2D eigenvalue weighted by molar-refractivity contribution is -0.114. The van der Waals surface area contributed by atoms with Crippen LogP contribution in [0.3, 0.4) is 0 Å². The fourth-order valence-electron chi connectivity index (χ4n) is 2.25. The zero-order valence-corrected chi connectivity index (χ0v) is 14.0. The van der Waals surface area contributed by atoms with Gasteiger partial charge in [-0.3, -0.25) is 4.79 Å². The van der Waals surface area contributed by atoms with Gasteiger partial charge in [0.25, 0.3) is 0 Å². The van der Waals surface area contributed by atoms with Crippen LogP contribution in [-0.4, -0.2) is 27.1 Å². The van der Waals surface area contributed by atoms with E-state index in [1.807, 2.05) is 6.07 Å². The SMILES string of the molecule is CCCCCCC(=O)C=Cc1ccc(OC)c(OC)c1OC. The Morgan fingerprint density at radius 3 is 2.32 bits per heavy atom. The fourth-order valence-corrected chi connectivity index (χ4v) is 2.25. The zero-order valence-electron chi connectivity index (χ0n) is 14.0. The molecule has 4 nitrogen and oxygen atoms in total. The lowest BCUT2D eigenvalue weighted by atomic mass is 10.1. The van der Waals surface area contributed by atoms with E-state index in [2.05, 4.69) is 6.92 Å². The van der Waals surface area contributed by atoms with E-state index in [1.54, 1.807) is 39.5 Å². The molecule has 0 aromatic heterocycles. The first-order chi connectivity index (χ1) is 10.7. The predicted molar refractivity (Wildman–Crippen MR) is 88.9 cm³/mol. The van der Waals surface area contributed by atoms with Gasteiger partial charge in [0.05, 0.1) is 21.3 Å². The molecule has 1 aromatic rings. The second-order valence-electron chi connectivity index (χ2n) is 5.03. The maximum absolute atomic E-state index is 11.9. The Morgan fingerprint density at radius 1 is 1.00 bits per heavy atom. The third-order valence-corrected chi connectivity index (χ3v) is 3.46. The van der Waals surface area contributed by atoms with Crippen LogP contribution >= 0.6 is 0 Å². The Kier molecular flexibility index (Phi) is 8.11. The molecule has 0 fully saturated rings. The van der Waals surface area contributed by atoms with E-state index >= 15 is 0 Å². The minimum atomic E-state index is 0.132. The Bertz CT molecular complexity index is 506. The Hall–Kier alpha value is -1.97. The van der Waals surface area contributed by atoms with Crippen LogP contribution < -0.4 is 14.2 Å². The van der Waals surface area contributed by atoms with Crippen molar-refractivity contribution in [3.8, 4) is 17.2 Å². The molecular formula is C18H26O4. The number of hydrogen-bond donors (Lipinski definition) is 0. The molecule has 4 heteroatoms. The van der Waals surface area contributed by atoms with Gasteiger partial charge in [-0.05, 0) is 30.7 Å². The summed E-state index contributed by atoms with van der Waals surface area (Å²) in [5, 5.41) is 0. The van der Waals surface area contributed by atoms with E-state index in [-0.39, 0.29) is 5.78 Å². The van der Waals surface area contributed by atoms with Crippen LogP contribution in [0.1, 0.15) is 44.6 Å². The standard InChI is InChI=1S/C18H26O4/c1-5-6-7-8-9-15(19)12-10-14-11-13-16(20-2)18(22-4)17(14)21-3/h10-13H,5-9H2,1-4H3. The highest BCUT2D eigenvalue weighted by Crippen LogP contribution is 2.40. The molecule has 0 saturated heterocycles. The molecular weight excluding hydrogens is 280 g/mol. The van der Waals surface area contributed by atoms with Crippen LogP contribution in [0.5, 0.6) is 17.2 Å². The predicted octanol–water partition coefficient (Wildman–Crippen LogP) is 4.27. The molecule has 0 N–H and O–H groups in total. The van der Waals surface area contributed by atoms with Gasteiger partial charge < -0.3 is 14.2 Å². The Morgan fingerprint density at radius 2 is 1.73 bits per heavy atom. The number of allylic oxidation sites excluding steroid dienone is 1.